The summed E-state index contributed by atoms with van der Waals surface area (Å²) in [5.41, 5.74) is 1.54. The Morgan fingerprint density at radius 2 is 1.89 bits per heavy atom. The monoisotopic (exact) mass is 124 g/mol. The van der Waals surface area contributed by atoms with E-state index in [1.54, 1.807) is 0 Å². The van der Waals surface area contributed by atoms with Crippen molar-refractivity contribution in [3.8, 4) is 0 Å². The third kappa shape index (κ3) is 0.320. The molecule has 0 aliphatic heterocycles. The second-order valence-corrected chi connectivity index (χ2v) is 4.38. The lowest BCUT2D eigenvalue weighted by Gasteiger charge is -2.20. The molecule has 2 saturated carbocycles. The van der Waals surface area contributed by atoms with Gasteiger partial charge >= 0.3 is 0 Å². The van der Waals surface area contributed by atoms with Gasteiger partial charge in [0.05, 0.1) is 0 Å². The minimum absolute atomic E-state index is 0.723. The smallest absolute Gasteiger partial charge is 0.0181 e. The highest BCUT2D eigenvalue weighted by Crippen LogP contribution is 2.92. The molecule has 0 nitrogen and oxygen atoms in total. The summed E-state index contributed by atoms with van der Waals surface area (Å²) in [6, 6.07) is 0. The zero-order valence-electron chi connectivity index (χ0n) is 6.86. The van der Waals surface area contributed by atoms with E-state index in [-0.39, 0.29) is 0 Å². The van der Waals surface area contributed by atoms with Crippen molar-refractivity contribution >= 4 is 0 Å². The number of fused-ring (bicyclic) bond motifs is 1. The molecule has 2 fully saturated rings. The van der Waals surface area contributed by atoms with E-state index >= 15 is 0 Å². The molecule has 2 aliphatic carbocycles. The van der Waals surface area contributed by atoms with Crippen LogP contribution in [-0.4, -0.2) is 0 Å². The fourth-order valence-electron chi connectivity index (χ4n) is 3.67. The Morgan fingerprint density at radius 3 is 1.89 bits per heavy atom. The van der Waals surface area contributed by atoms with Crippen LogP contribution in [0.3, 0.4) is 0 Å². The van der Waals surface area contributed by atoms with Crippen molar-refractivity contribution < 1.29 is 0 Å². The zero-order chi connectivity index (χ0) is 6.86. The van der Waals surface area contributed by atoms with Crippen molar-refractivity contribution in [1.29, 1.82) is 0 Å². The first-order chi connectivity index (χ1) is 4.09. The average Bonchev–Trinajstić information content (AvgIpc) is 2.53. The van der Waals surface area contributed by atoms with Gasteiger partial charge in [0.2, 0.25) is 0 Å². The molecule has 0 N–H and O–H groups in total. The van der Waals surface area contributed by atoms with E-state index in [9.17, 15) is 0 Å². The Morgan fingerprint density at radius 1 is 1.33 bits per heavy atom. The van der Waals surface area contributed by atoms with Crippen molar-refractivity contribution in [2.45, 2.75) is 34.1 Å². The van der Waals surface area contributed by atoms with Gasteiger partial charge in [-0.05, 0) is 29.1 Å². The number of rotatable bonds is 1. The summed E-state index contributed by atoms with van der Waals surface area (Å²) in [6.45, 7) is 9.58. The molecule has 52 valence electrons. The number of hydrogen-bond donors (Lipinski definition) is 0. The predicted molar refractivity (Wildman–Crippen MR) is 39.2 cm³/mol. The molecule has 0 unspecified atom stereocenters. The fraction of sp³-hybridized carbons (Fsp3) is 1.00. The zero-order valence-corrected chi connectivity index (χ0v) is 6.86. The molecule has 3 atom stereocenters. The summed E-state index contributed by atoms with van der Waals surface area (Å²) >= 11 is 0. The highest BCUT2D eigenvalue weighted by atomic mass is 14.9. The van der Waals surface area contributed by atoms with E-state index in [4.69, 9.17) is 0 Å². The molecular weight excluding hydrogens is 108 g/mol. The summed E-state index contributed by atoms with van der Waals surface area (Å²) in [6.07, 6.45) is 1.41. The van der Waals surface area contributed by atoms with E-state index in [0.29, 0.717) is 0 Å². The molecule has 0 aromatic rings. The van der Waals surface area contributed by atoms with Gasteiger partial charge in [0, 0.05) is 0 Å². The Hall–Kier alpha value is 0. The van der Waals surface area contributed by atoms with Gasteiger partial charge in [0.15, 0.2) is 0 Å². The minimum Gasteiger partial charge on any atom is -0.0648 e. The highest BCUT2D eigenvalue weighted by Gasteiger charge is 2.87. The van der Waals surface area contributed by atoms with Crippen LogP contribution >= 0.6 is 0 Å². The molecule has 0 aromatic heterocycles. The Balaban J connectivity index is 2.18. The lowest BCUT2D eigenvalue weighted by atomic mass is 9.84. The molecule has 0 heterocycles. The van der Waals surface area contributed by atoms with Crippen molar-refractivity contribution in [1.82, 2.24) is 0 Å². The van der Waals surface area contributed by atoms with Gasteiger partial charge in [0.25, 0.3) is 0 Å². The van der Waals surface area contributed by atoms with Gasteiger partial charge in [-0.25, -0.2) is 0 Å². The lowest BCUT2D eigenvalue weighted by molar-refractivity contribution is 0.284. The van der Waals surface area contributed by atoms with Crippen LogP contribution in [0.1, 0.15) is 34.1 Å². The molecule has 0 heteroatoms. The van der Waals surface area contributed by atoms with Gasteiger partial charge in [-0.15, -0.1) is 0 Å². The largest absolute Gasteiger partial charge is 0.0648 e. The summed E-state index contributed by atoms with van der Waals surface area (Å²) in [7, 11) is 0. The lowest BCUT2D eigenvalue weighted by Crippen LogP contribution is -2.13. The Kier molecular flexibility index (Phi) is 0.695. The van der Waals surface area contributed by atoms with Gasteiger partial charge in [0.1, 0.15) is 0 Å². The van der Waals surface area contributed by atoms with E-state index in [1.807, 2.05) is 0 Å². The van der Waals surface area contributed by atoms with Gasteiger partial charge < -0.3 is 0 Å². The van der Waals surface area contributed by atoms with Crippen molar-refractivity contribution in [2.75, 3.05) is 0 Å². The summed E-state index contributed by atoms with van der Waals surface area (Å²) in [5, 5.41) is 0. The summed E-state index contributed by atoms with van der Waals surface area (Å²) in [4.78, 5) is 0. The van der Waals surface area contributed by atoms with E-state index in [0.717, 1.165) is 22.7 Å². The van der Waals surface area contributed by atoms with Crippen LogP contribution in [0.4, 0.5) is 0 Å². The van der Waals surface area contributed by atoms with Gasteiger partial charge in [-0.1, -0.05) is 27.7 Å². The molecular formula is C9H16. The first kappa shape index (κ1) is 5.76. The SMILES string of the molecule is CC[C@@]12[C@H](C)[C@@H]1C2(C)C. The Labute approximate surface area is 57.6 Å². The molecule has 0 saturated heterocycles. The van der Waals surface area contributed by atoms with E-state index in [2.05, 4.69) is 27.7 Å². The van der Waals surface area contributed by atoms with Crippen LogP contribution in [0.2, 0.25) is 0 Å². The quantitative estimate of drug-likeness (QED) is 0.504. The fourth-order valence-corrected chi connectivity index (χ4v) is 3.67. The molecule has 2 rings (SSSR count). The number of hydrogen-bond acceptors (Lipinski definition) is 0. The van der Waals surface area contributed by atoms with Gasteiger partial charge in [-0.3, -0.25) is 0 Å². The summed E-state index contributed by atoms with van der Waals surface area (Å²) < 4.78 is 0. The van der Waals surface area contributed by atoms with Crippen LogP contribution in [0.15, 0.2) is 0 Å². The third-order valence-corrected chi connectivity index (χ3v) is 4.24. The van der Waals surface area contributed by atoms with Crippen LogP contribution in [0.25, 0.3) is 0 Å². The first-order valence-electron chi connectivity index (χ1n) is 4.09. The van der Waals surface area contributed by atoms with Crippen molar-refractivity contribution in [3.63, 3.8) is 0 Å². The van der Waals surface area contributed by atoms with Gasteiger partial charge in [-0.2, -0.15) is 0 Å². The molecule has 9 heavy (non-hydrogen) atoms. The minimum atomic E-state index is 0.723. The maximum atomic E-state index is 2.42. The first-order valence-corrected chi connectivity index (χ1v) is 4.09. The normalized spacial score (nSPS) is 58.7. The molecule has 0 bridgehead atoms. The standard InChI is InChI=1S/C9H16/c1-5-9-6(2)7(9)8(9,3)4/h6-7H,5H2,1-4H3/t6-,7-,9-/m1/s1. The van der Waals surface area contributed by atoms with Crippen LogP contribution in [-0.2, 0) is 0 Å². The van der Waals surface area contributed by atoms with E-state index < -0.39 is 0 Å². The predicted octanol–water partition coefficient (Wildman–Crippen LogP) is 2.69. The van der Waals surface area contributed by atoms with Crippen molar-refractivity contribution in [2.24, 2.45) is 22.7 Å². The van der Waals surface area contributed by atoms with Crippen LogP contribution in [0.5, 0.6) is 0 Å². The average molecular weight is 124 g/mol. The second-order valence-electron chi connectivity index (χ2n) is 4.38. The third-order valence-electron chi connectivity index (χ3n) is 4.24. The topological polar surface area (TPSA) is 0 Å². The molecule has 0 radical (unpaired) electrons. The van der Waals surface area contributed by atoms with Crippen LogP contribution in [0, 0.1) is 22.7 Å². The molecule has 0 aromatic carbocycles. The maximum absolute atomic E-state index is 2.42. The maximum Gasteiger partial charge on any atom is -0.0181 e. The molecule has 0 amide bonds. The Bertz CT molecular complexity index is 157. The molecule has 0 spiro atoms. The summed E-state index contributed by atoms with van der Waals surface area (Å²) in [5.74, 6) is 2.15. The molecule has 2 aliphatic rings. The highest BCUT2D eigenvalue weighted by molar-refractivity contribution is 5.34. The van der Waals surface area contributed by atoms with E-state index in [1.165, 1.54) is 6.42 Å². The van der Waals surface area contributed by atoms with Crippen LogP contribution < -0.4 is 0 Å². The van der Waals surface area contributed by atoms with Crippen molar-refractivity contribution in [3.05, 3.63) is 0 Å². The second kappa shape index (κ2) is 1.09.